The Labute approximate surface area is 122 Å². The Kier molecular flexibility index (Phi) is 2.67. The van der Waals surface area contributed by atoms with Crippen LogP contribution in [0.2, 0.25) is 0 Å². The fourth-order valence-corrected chi connectivity index (χ4v) is 2.78. The first-order chi connectivity index (χ1) is 10.3. The van der Waals surface area contributed by atoms with Gasteiger partial charge in [0.05, 0.1) is 12.6 Å². The van der Waals surface area contributed by atoms with Crippen LogP contribution < -0.4 is 4.74 Å². The molecule has 0 saturated heterocycles. The van der Waals surface area contributed by atoms with Gasteiger partial charge in [-0.15, -0.1) is 0 Å². The summed E-state index contributed by atoms with van der Waals surface area (Å²) in [6.07, 6.45) is 7.89. The van der Waals surface area contributed by atoms with Gasteiger partial charge in [-0.1, -0.05) is 0 Å². The second kappa shape index (κ2) is 4.66. The van der Waals surface area contributed by atoms with Gasteiger partial charge in [0.25, 0.3) is 0 Å². The smallest absolute Gasteiger partial charge is 0.119 e. The highest BCUT2D eigenvalue weighted by Crippen LogP contribution is 2.25. The Morgan fingerprint density at radius 1 is 1.24 bits per heavy atom. The zero-order valence-electron chi connectivity index (χ0n) is 11.7. The van der Waals surface area contributed by atoms with Gasteiger partial charge in [0.2, 0.25) is 0 Å². The van der Waals surface area contributed by atoms with Gasteiger partial charge in [-0.05, 0) is 35.9 Å². The van der Waals surface area contributed by atoms with Crippen molar-refractivity contribution in [3.8, 4) is 5.75 Å². The van der Waals surface area contributed by atoms with E-state index >= 15 is 0 Å². The van der Waals surface area contributed by atoms with Gasteiger partial charge < -0.3 is 14.3 Å². The summed E-state index contributed by atoms with van der Waals surface area (Å²) in [5.41, 5.74) is 3.57. The summed E-state index contributed by atoms with van der Waals surface area (Å²) in [5.74, 6) is 0.880. The van der Waals surface area contributed by atoms with Gasteiger partial charge in [-0.2, -0.15) is 0 Å². The minimum Gasteiger partial charge on any atom is -0.497 e. The summed E-state index contributed by atoms with van der Waals surface area (Å²) in [6, 6.07) is 10.2. The molecule has 0 bridgehead atoms. The molecular weight excluding hydrogens is 262 g/mol. The molecule has 0 aliphatic rings. The van der Waals surface area contributed by atoms with Crippen LogP contribution in [-0.4, -0.2) is 21.6 Å². The monoisotopic (exact) mass is 277 g/mol. The van der Waals surface area contributed by atoms with E-state index in [1.165, 1.54) is 16.5 Å². The lowest BCUT2D eigenvalue weighted by Crippen LogP contribution is -1.97. The molecule has 0 fully saturated rings. The third-order valence-electron chi connectivity index (χ3n) is 3.89. The van der Waals surface area contributed by atoms with Crippen LogP contribution in [0.4, 0.5) is 0 Å². The number of ether oxygens (including phenoxy) is 1. The number of nitrogens with one attached hydrogen (secondary N) is 1. The summed E-state index contributed by atoms with van der Waals surface area (Å²) in [7, 11) is 1.69. The lowest BCUT2D eigenvalue weighted by Gasteiger charge is -2.05. The van der Waals surface area contributed by atoms with Crippen molar-refractivity contribution in [3.05, 3.63) is 60.7 Å². The van der Waals surface area contributed by atoms with Crippen molar-refractivity contribution in [1.82, 2.24) is 14.5 Å². The van der Waals surface area contributed by atoms with Crippen molar-refractivity contribution < 1.29 is 4.74 Å². The number of rotatable bonds is 3. The van der Waals surface area contributed by atoms with Crippen LogP contribution in [0.25, 0.3) is 21.8 Å². The maximum Gasteiger partial charge on any atom is 0.119 e. The van der Waals surface area contributed by atoms with Crippen molar-refractivity contribution in [2.75, 3.05) is 7.11 Å². The molecule has 0 saturated carbocycles. The fourth-order valence-electron chi connectivity index (χ4n) is 2.78. The predicted molar refractivity (Wildman–Crippen MR) is 83.7 cm³/mol. The quantitative estimate of drug-likeness (QED) is 0.622. The standard InChI is InChI=1S/C17H15N3O/c1-21-14-2-3-16-15(8-14)13(10-19-16)11-20-7-5-12-9-18-6-4-17(12)20/h2-10,19H,11H2,1H3. The first kappa shape index (κ1) is 12.0. The number of aromatic nitrogens is 3. The van der Waals surface area contributed by atoms with E-state index in [9.17, 15) is 0 Å². The molecule has 0 spiro atoms. The fraction of sp³-hybridized carbons (Fsp3) is 0.118. The summed E-state index contributed by atoms with van der Waals surface area (Å²) in [4.78, 5) is 7.48. The van der Waals surface area contributed by atoms with Crippen LogP contribution in [0.15, 0.2) is 55.1 Å². The van der Waals surface area contributed by atoms with Crippen LogP contribution in [0.5, 0.6) is 5.75 Å². The van der Waals surface area contributed by atoms with E-state index < -0.39 is 0 Å². The van der Waals surface area contributed by atoms with Crippen LogP contribution in [0, 0.1) is 0 Å². The third-order valence-corrected chi connectivity index (χ3v) is 3.89. The Bertz CT molecular complexity index is 920. The van der Waals surface area contributed by atoms with E-state index in [0.717, 1.165) is 23.2 Å². The van der Waals surface area contributed by atoms with E-state index in [4.69, 9.17) is 4.74 Å². The maximum atomic E-state index is 5.32. The Hall–Kier alpha value is -2.75. The number of aromatic amines is 1. The molecule has 4 aromatic rings. The average Bonchev–Trinajstić information content (AvgIpc) is 3.12. The van der Waals surface area contributed by atoms with E-state index in [2.05, 4.69) is 45.1 Å². The van der Waals surface area contributed by atoms with Gasteiger partial charge in [0.1, 0.15) is 5.75 Å². The van der Waals surface area contributed by atoms with E-state index in [1.54, 1.807) is 7.11 Å². The Balaban J connectivity index is 1.80. The molecule has 4 rings (SSSR count). The number of nitrogens with zero attached hydrogens (tertiary/aromatic N) is 2. The first-order valence-electron chi connectivity index (χ1n) is 6.88. The number of benzene rings is 1. The lowest BCUT2D eigenvalue weighted by molar-refractivity contribution is 0.415. The van der Waals surface area contributed by atoms with E-state index in [-0.39, 0.29) is 0 Å². The minimum absolute atomic E-state index is 0.820. The second-order valence-electron chi connectivity index (χ2n) is 5.10. The van der Waals surface area contributed by atoms with Gasteiger partial charge in [-0.25, -0.2) is 0 Å². The minimum atomic E-state index is 0.820. The molecule has 0 unspecified atom stereocenters. The van der Waals surface area contributed by atoms with E-state index in [1.807, 2.05) is 24.5 Å². The topological polar surface area (TPSA) is 42.8 Å². The number of H-pyrrole nitrogens is 1. The molecule has 4 nitrogen and oxygen atoms in total. The van der Waals surface area contributed by atoms with Gasteiger partial charge in [0, 0.05) is 47.6 Å². The molecule has 4 heteroatoms. The molecule has 3 heterocycles. The summed E-state index contributed by atoms with van der Waals surface area (Å²) in [6.45, 7) is 0.820. The van der Waals surface area contributed by atoms with Crippen molar-refractivity contribution >= 4 is 21.8 Å². The highest BCUT2D eigenvalue weighted by molar-refractivity contribution is 5.85. The molecule has 3 aromatic heterocycles. The maximum absolute atomic E-state index is 5.32. The molecular formula is C17H15N3O. The Morgan fingerprint density at radius 3 is 3.10 bits per heavy atom. The first-order valence-corrected chi connectivity index (χ1v) is 6.88. The lowest BCUT2D eigenvalue weighted by atomic mass is 10.1. The van der Waals surface area contributed by atoms with Crippen molar-refractivity contribution in [2.45, 2.75) is 6.54 Å². The third kappa shape index (κ3) is 1.96. The summed E-state index contributed by atoms with van der Waals surface area (Å²) < 4.78 is 7.56. The van der Waals surface area contributed by atoms with E-state index in [0.29, 0.717) is 0 Å². The number of fused-ring (bicyclic) bond motifs is 2. The largest absolute Gasteiger partial charge is 0.497 e. The molecule has 1 aromatic carbocycles. The van der Waals surface area contributed by atoms with Crippen molar-refractivity contribution in [1.29, 1.82) is 0 Å². The van der Waals surface area contributed by atoms with Crippen LogP contribution >= 0.6 is 0 Å². The molecule has 1 N–H and O–H groups in total. The van der Waals surface area contributed by atoms with Crippen LogP contribution in [0.1, 0.15) is 5.56 Å². The Morgan fingerprint density at radius 2 is 2.19 bits per heavy atom. The highest BCUT2D eigenvalue weighted by atomic mass is 16.5. The number of pyridine rings is 1. The average molecular weight is 277 g/mol. The molecule has 104 valence electrons. The van der Waals surface area contributed by atoms with Crippen LogP contribution in [-0.2, 0) is 6.54 Å². The predicted octanol–water partition coefficient (Wildman–Crippen LogP) is 3.57. The van der Waals surface area contributed by atoms with Gasteiger partial charge in [0.15, 0.2) is 0 Å². The molecule has 0 amide bonds. The normalized spacial score (nSPS) is 11.3. The zero-order chi connectivity index (χ0) is 14.2. The molecule has 21 heavy (non-hydrogen) atoms. The number of hydrogen-bond acceptors (Lipinski definition) is 2. The van der Waals surface area contributed by atoms with Crippen LogP contribution in [0.3, 0.4) is 0 Å². The SMILES string of the molecule is COc1ccc2[nH]cc(Cn3ccc4cnccc43)c2c1. The van der Waals surface area contributed by atoms with Crippen molar-refractivity contribution in [3.63, 3.8) is 0 Å². The highest BCUT2D eigenvalue weighted by Gasteiger charge is 2.07. The number of hydrogen-bond donors (Lipinski definition) is 1. The molecule has 0 aliphatic carbocycles. The van der Waals surface area contributed by atoms with Gasteiger partial charge in [-0.3, -0.25) is 4.98 Å². The molecule has 0 atom stereocenters. The second-order valence-corrected chi connectivity index (χ2v) is 5.10. The summed E-state index contributed by atoms with van der Waals surface area (Å²) in [5, 5.41) is 2.36. The van der Waals surface area contributed by atoms with Gasteiger partial charge >= 0.3 is 0 Å². The van der Waals surface area contributed by atoms with Crippen molar-refractivity contribution in [2.24, 2.45) is 0 Å². The number of methoxy groups -OCH3 is 1. The summed E-state index contributed by atoms with van der Waals surface area (Å²) >= 11 is 0. The molecule has 0 radical (unpaired) electrons. The molecule has 0 aliphatic heterocycles. The zero-order valence-corrected chi connectivity index (χ0v) is 11.7.